The fourth-order valence-corrected chi connectivity index (χ4v) is 3.54. The van der Waals surface area contributed by atoms with E-state index in [0.717, 1.165) is 19.3 Å². The van der Waals surface area contributed by atoms with Crippen LogP contribution >= 0.6 is 0 Å². The number of esters is 1. The van der Waals surface area contributed by atoms with Crippen molar-refractivity contribution in [3.63, 3.8) is 0 Å². The largest absolute Gasteiger partial charge is 0.500 e. The monoisotopic (exact) mass is 337 g/mol. The van der Waals surface area contributed by atoms with Crippen LogP contribution in [-0.4, -0.2) is 56.8 Å². The minimum atomic E-state index is -0.904. The van der Waals surface area contributed by atoms with E-state index in [4.69, 9.17) is 14.2 Å². The summed E-state index contributed by atoms with van der Waals surface area (Å²) in [6.07, 6.45) is 8.80. The molecule has 0 radical (unpaired) electrons. The first-order valence-corrected chi connectivity index (χ1v) is 8.41. The number of hydrogen-bond donors (Lipinski definition) is 0. The zero-order valence-electron chi connectivity index (χ0n) is 14.7. The summed E-state index contributed by atoms with van der Waals surface area (Å²) in [5, 5.41) is 0. The van der Waals surface area contributed by atoms with Gasteiger partial charge in [0.05, 0.1) is 26.4 Å². The summed E-state index contributed by atoms with van der Waals surface area (Å²) in [7, 11) is 3.23. The fraction of sp³-hybridized carbons (Fsp3) is 0.667. The van der Waals surface area contributed by atoms with Gasteiger partial charge in [-0.05, 0) is 25.3 Å². The van der Waals surface area contributed by atoms with Gasteiger partial charge in [-0.15, -0.1) is 0 Å². The summed E-state index contributed by atoms with van der Waals surface area (Å²) in [4.78, 5) is 26.4. The highest BCUT2D eigenvalue weighted by Gasteiger charge is 2.47. The lowest BCUT2D eigenvalue weighted by Crippen LogP contribution is -2.48. The summed E-state index contributed by atoms with van der Waals surface area (Å²) >= 11 is 0. The fourth-order valence-electron chi connectivity index (χ4n) is 3.54. The van der Waals surface area contributed by atoms with Crippen molar-refractivity contribution >= 4 is 11.9 Å². The average Bonchev–Trinajstić information content (AvgIpc) is 3.02. The molecule has 0 saturated carbocycles. The highest BCUT2D eigenvalue weighted by Crippen LogP contribution is 2.40. The van der Waals surface area contributed by atoms with Crippen molar-refractivity contribution in [2.45, 2.75) is 38.6 Å². The molecule has 0 aromatic heterocycles. The van der Waals surface area contributed by atoms with Crippen LogP contribution in [0.2, 0.25) is 0 Å². The van der Waals surface area contributed by atoms with Crippen LogP contribution in [0.1, 0.15) is 32.6 Å². The lowest BCUT2D eigenvalue weighted by Gasteiger charge is -2.38. The predicted molar refractivity (Wildman–Crippen MR) is 89.1 cm³/mol. The Kier molecular flexibility index (Phi) is 6.43. The third-order valence-electron chi connectivity index (χ3n) is 4.68. The Morgan fingerprint density at radius 3 is 2.83 bits per heavy atom. The lowest BCUT2D eigenvalue weighted by atomic mass is 9.77. The Bertz CT molecular complexity index is 528. The molecule has 2 rings (SSSR count). The quantitative estimate of drug-likeness (QED) is 0.525. The van der Waals surface area contributed by atoms with Crippen molar-refractivity contribution in [3.05, 3.63) is 24.0 Å². The molecule has 1 amide bonds. The molecule has 1 aliphatic heterocycles. The number of allylic oxidation sites excluding steroid dienone is 2. The van der Waals surface area contributed by atoms with Gasteiger partial charge in [-0.2, -0.15) is 0 Å². The Morgan fingerprint density at radius 1 is 1.38 bits per heavy atom. The van der Waals surface area contributed by atoms with Gasteiger partial charge >= 0.3 is 5.97 Å². The molecular formula is C18H27NO5. The zero-order valence-corrected chi connectivity index (χ0v) is 14.7. The number of ether oxygens (including phenoxy) is 3. The molecule has 0 aromatic rings. The first-order chi connectivity index (χ1) is 11.5. The van der Waals surface area contributed by atoms with Gasteiger partial charge in [0.15, 0.2) is 0 Å². The van der Waals surface area contributed by atoms with Crippen LogP contribution in [0.15, 0.2) is 24.0 Å². The van der Waals surface area contributed by atoms with Crippen molar-refractivity contribution < 1.29 is 23.8 Å². The number of likely N-dealkylation sites (tertiary alicyclic amines) is 1. The maximum Gasteiger partial charge on any atom is 0.302 e. The molecule has 6 nitrogen and oxygen atoms in total. The normalized spacial score (nSPS) is 26.2. The maximum atomic E-state index is 13.4. The van der Waals surface area contributed by atoms with Crippen LogP contribution in [0.25, 0.3) is 0 Å². The molecule has 2 aliphatic rings. The van der Waals surface area contributed by atoms with Gasteiger partial charge in [0.1, 0.15) is 11.2 Å². The molecular weight excluding hydrogens is 310 g/mol. The van der Waals surface area contributed by atoms with E-state index in [9.17, 15) is 9.59 Å². The van der Waals surface area contributed by atoms with Crippen LogP contribution in [0.4, 0.5) is 0 Å². The molecule has 1 fully saturated rings. The molecule has 6 heteroatoms. The number of carbonyl (C=O) groups is 2. The number of nitrogens with zero attached hydrogens (tertiary/aromatic N) is 1. The molecule has 0 spiro atoms. The molecule has 0 unspecified atom stereocenters. The van der Waals surface area contributed by atoms with Crippen LogP contribution in [0.3, 0.4) is 0 Å². The highest BCUT2D eigenvalue weighted by atomic mass is 16.5. The van der Waals surface area contributed by atoms with E-state index in [-0.39, 0.29) is 24.5 Å². The summed E-state index contributed by atoms with van der Waals surface area (Å²) in [5.74, 6) is 0.280. The Labute approximate surface area is 143 Å². The molecule has 0 N–H and O–H groups in total. The first-order valence-electron chi connectivity index (χ1n) is 8.41. The third-order valence-corrected chi connectivity index (χ3v) is 4.68. The summed E-state index contributed by atoms with van der Waals surface area (Å²) in [6, 6.07) is 0.0848. The van der Waals surface area contributed by atoms with Gasteiger partial charge in [-0.1, -0.05) is 12.2 Å². The summed E-state index contributed by atoms with van der Waals surface area (Å²) in [6.45, 7) is 2.79. The second-order valence-corrected chi connectivity index (χ2v) is 6.22. The van der Waals surface area contributed by atoms with E-state index in [2.05, 4.69) is 0 Å². The third kappa shape index (κ3) is 3.80. The van der Waals surface area contributed by atoms with Crippen molar-refractivity contribution in [1.82, 2.24) is 4.90 Å². The van der Waals surface area contributed by atoms with Crippen LogP contribution < -0.4 is 0 Å². The van der Waals surface area contributed by atoms with Gasteiger partial charge in [-0.3, -0.25) is 9.59 Å². The standard InChI is InChI=1S/C18H27NO5/c1-14(20)24-12-10-18(9-5-4-8-16(18)23-3)17(21)19-11-6-7-15(19)13-22-2/h5,8-9,15H,4,6-7,10-13H2,1-3H3/t15-,18-/m0/s1. The van der Waals surface area contributed by atoms with E-state index in [1.165, 1.54) is 6.92 Å². The van der Waals surface area contributed by atoms with E-state index in [1.54, 1.807) is 14.2 Å². The average molecular weight is 337 g/mol. The second kappa shape index (κ2) is 8.33. The van der Waals surface area contributed by atoms with Gasteiger partial charge in [0, 0.05) is 27.0 Å². The zero-order chi connectivity index (χ0) is 17.6. The van der Waals surface area contributed by atoms with Gasteiger partial charge < -0.3 is 19.1 Å². The van der Waals surface area contributed by atoms with Gasteiger partial charge in [0.2, 0.25) is 5.91 Å². The number of hydrogen-bond acceptors (Lipinski definition) is 5. The van der Waals surface area contributed by atoms with E-state index < -0.39 is 5.41 Å². The van der Waals surface area contributed by atoms with E-state index >= 15 is 0 Å². The second-order valence-electron chi connectivity index (χ2n) is 6.22. The smallest absolute Gasteiger partial charge is 0.302 e. The molecule has 1 heterocycles. The summed E-state index contributed by atoms with van der Waals surface area (Å²) < 4.78 is 15.9. The minimum absolute atomic E-state index is 0.00162. The van der Waals surface area contributed by atoms with Crippen molar-refractivity contribution in [2.75, 3.05) is 34.0 Å². The molecule has 2 atom stereocenters. The number of carbonyl (C=O) groups excluding carboxylic acids is 2. The molecule has 134 valence electrons. The molecule has 24 heavy (non-hydrogen) atoms. The van der Waals surface area contributed by atoms with E-state index in [1.807, 2.05) is 23.1 Å². The first kappa shape index (κ1) is 18.5. The lowest BCUT2D eigenvalue weighted by molar-refractivity contribution is -0.147. The molecule has 0 bridgehead atoms. The van der Waals surface area contributed by atoms with Crippen molar-refractivity contribution in [2.24, 2.45) is 5.41 Å². The Balaban J connectivity index is 2.26. The Hall–Kier alpha value is -1.82. The van der Waals surface area contributed by atoms with Crippen molar-refractivity contribution in [1.29, 1.82) is 0 Å². The molecule has 1 saturated heterocycles. The van der Waals surface area contributed by atoms with Gasteiger partial charge in [-0.25, -0.2) is 0 Å². The van der Waals surface area contributed by atoms with Crippen molar-refractivity contribution in [3.8, 4) is 0 Å². The van der Waals surface area contributed by atoms with Gasteiger partial charge in [0.25, 0.3) is 0 Å². The SMILES string of the molecule is COC[C@@H]1CCCN1C(=O)[C@]1(CCOC(C)=O)C=CCC=C1OC. The predicted octanol–water partition coefficient (Wildman–Crippen LogP) is 2.05. The number of methoxy groups -OCH3 is 2. The summed E-state index contributed by atoms with van der Waals surface area (Å²) in [5.41, 5.74) is -0.904. The molecule has 0 aromatic carbocycles. The molecule has 1 aliphatic carbocycles. The van der Waals surface area contributed by atoms with Crippen LogP contribution in [-0.2, 0) is 23.8 Å². The van der Waals surface area contributed by atoms with E-state index in [0.29, 0.717) is 25.3 Å². The Morgan fingerprint density at radius 2 is 2.17 bits per heavy atom. The minimum Gasteiger partial charge on any atom is -0.500 e. The number of amides is 1. The topological polar surface area (TPSA) is 65.1 Å². The maximum absolute atomic E-state index is 13.4. The number of rotatable bonds is 7. The highest BCUT2D eigenvalue weighted by molar-refractivity contribution is 5.88. The van der Waals surface area contributed by atoms with Crippen LogP contribution in [0, 0.1) is 5.41 Å². The van der Waals surface area contributed by atoms with Crippen LogP contribution in [0.5, 0.6) is 0 Å².